The average Bonchev–Trinajstić information content (AvgIpc) is 2.89. The van der Waals surface area contributed by atoms with Crippen molar-refractivity contribution in [3.8, 4) is 0 Å². The molecule has 0 saturated carbocycles. The van der Waals surface area contributed by atoms with Crippen molar-refractivity contribution in [1.29, 1.82) is 0 Å². The van der Waals surface area contributed by atoms with Gasteiger partial charge in [0.1, 0.15) is 5.54 Å². The monoisotopic (exact) mass is 383 g/mol. The normalized spacial score (nSPS) is 19.1. The Hall–Kier alpha value is -3.12. The van der Waals surface area contributed by atoms with Gasteiger partial charge in [0.2, 0.25) is 5.91 Å². The fraction of sp³-hybridized carbons (Fsp3) is 0.150. The molecule has 7 heteroatoms. The molecule has 4 amide bonds. The van der Waals surface area contributed by atoms with Gasteiger partial charge in [0.05, 0.1) is 0 Å². The van der Waals surface area contributed by atoms with Gasteiger partial charge in [0, 0.05) is 16.8 Å². The molecule has 0 aromatic heterocycles. The second-order valence-electron chi connectivity index (χ2n) is 6.45. The molecule has 1 heterocycles. The maximum Gasteiger partial charge on any atom is 0.322 e. The van der Waals surface area contributed by atoms with Crippen molar-refractivity contribution in [3.05, 3.63) is 70.3 Å². The number of hydrogen-bond acceptors (Lipinski definition) is 3. The van der Waals surface area contributed by atoms with E-state index in [0.717, 1.165) is 11.1 Å². The molecular formula is C20H18ClN3O3. The van der Waals surface area contributed by atoms with Crippen LogP contribution in [0.25, 0.3) is 6.08 Å². The molecule has 6 nitrogen and oxygen atoms in total. The number of carbonyl (C=O) groups excluding carboxylic acids is 3. The van der Waals surface area contributed by atoms with Gasteiger partial charge in [-0.3, -0.25) is 14.9 Å². The van der Waals surface area contributed by atoms with E-state index in [2.05, 4.69) is 16.0 Å². The van der Waals surface area contributed by atoms with E-state index in [9.17, 15) is 14.4 Å². The summed E-state index contributed by atoms with van der Waals surface area (Å²) in [6.45, 7) is 3.51. The van der Waals surface area contributed by atoms with Crippen LogP contribution in [0.3, 0.4) is 0 Å². The second kappa shape index (κ2) is 7.25. The molecule has 1 aliphatic heterocycles. The van der Waals surface area contributed by atoms with Crippen LogP contribution >= 0.6 is 11.6 Å². The van der Waals surface area contributed by atoms with E-state index < -0.39 is 17.5 Å². The summed E-state index contributed by atoms with van der Waals surface area (Å²) in [7, 11) is 0. The molecule has 3 rings (SSSR count). The molecule has 1 saturated heterocycles. The van der Waals surface area contributed by atoms with Gasteiger partial charge < -0.3 is 10.6 Å². The summed E-state index contributed by atoms with van der Waals surface area (Å²) in [6.07, 6.45) is 3.07. The molecule has 2 aromatic carbocycles. The second-order valence-corrected chi connectivity index (χ2v) is 6.85. The zero-order chi connectivity index (χ0) is 19.6. The Labute approximate surface area is 161 Å². The van der Waals surface area contributed by atoms with E-state index in [4.69, 9.17) is 11.6 Å². The van der Waals surface area contributed by atoms with Crippen molar-refractivity contribution in [3.63, 3.8) is 0 Å². The lowest BCUT2D eigenvalue weighted by atomic mass is 9.92. The number of amides is 4. The van der Waals surface area contributed by atoms with Crippen LogP contribution in [0, 0.1) is 6.92 Å². The number of aryl methyl sites for hydroxylation is 1. The Morgan fingerprint density at radius 3 is 2.63 bits per heavy atom. The van der Waals surface area contributed by atoms with Gasteiger partial charge in [-0.2, -0.15) is 0 Å². The molecule has 1 fully saturated rings. The highest BCUT2D eigenvalue weighted by molar-refractivity contribution is 6.31. The number of carbonyl (C=O) groups is 3. The first kappa shape index (κ1) is 18.7. The van der Waals surface area contributed by atoms with E-state index in [1.807, 2.05) is 19.1 Å². The number of anilines is 1. The highest BCUT2D eigenvalue weighted by atomic mass is 35.5. The van der Waals surface area contributed by atoms with Crippen molar-refractivity contribution < 1.29 is 14.4 Å². The van der Waals surface area contributed by atoms with E-state index in [1.165, 1.54) is 6.08 Å². The third-order valence-corrected chi connectivity index (χ3v) is 4.78. The summed E-state index contributed by atoms with van der Waals surface area (Å²) in [5, 5.41) is 8.19. The van der Waals surface area contributed by atoms with Crippen LogP contribution in [0.15, 0.2) is 48.5 Å². The SMILES string of the molecule is Cc1ccc(/C=C/C(=O)Nc2cccc(C3(C)NC(=O)NC3=O)c2)cc1Cl. The van der Waals surface area contributed by atoms with Gasteiger partial charge in [-0.1, -0.05) is 35.9 Å². The fourth-order valence-corrected chi connectivity index (χ4v) is 2.91. The molecule has 3 N–H and O–H groups in total. The van der Waals surface area contributed by atoms with Crippen molar-refractivity contribution in [2.24, 2.45) is 0 Å². The molecule has 0 aliphatic carbocycles. The van der Waals surface area contributed by atoms with Crippen molar-refractivity contribution in [1.82, 2.24) is 10.6 Å². The Kier molecular flexibility index (Phi) is 5.01. The van der Waals surface area contributed by atoms with Gasteiger partial charge in [0.25, 0.3) is 5.91 Å². The predicted molar refractivity (Wildman–Crippen MR) is 104 cm³/mol. The Morgan fingerprint density at radius 1 is 1.19 bits per heavy atom. The largest absolute Gasteiger partial charge is 0.323 e. The van der Waals surface area contributed by atoms with Crippen LogP contribution in [-0.2, 0) is 15.1 Å². The fourth-order valence-electron chi connectivity index (χ4n) is 2.72. The zero-order valence-corrected chi connectivity index (χ0v) is 15.6. The van der Waals surface area contributed by atoms with Gasteiger partial charge >= 0.3 is 6.03 Å². The number of hydrogen-bond donors (Lipinski definition) is 3. The van der Waals surface area contributed by atoms with Gasteiger partial charge in [-0.05, 0) is 54.8 Å². The van der Waals surface area contributed by atoms with Crippen LogP contribution in [0.2, 0.25) is 5.02 Å². The third kappa shape index (κ3) is 4.01. The number of halogens is 1. The van der Waals surface area contributed by atoms with Crippen molar-refractivity contribution in [2.45, 2.75) is 19.4 Å². The molecule has 0 spiro atoms. The number of rotatable bonds is 4. The maximum absolute atomic E-state index is 12.2. The smallest absolute Gasteiger partial charge is 0.322 e. The Balaban J connectivity index is 1.73. The number of urea groups is 1. The maximum atomic E-state index is 12.2. The van der Waals surface area contributed by atoms with E-state index in [1.54, 1.807) is 43.3 Å². The molecule has 1 unspecified atom stereocenters. The van der Waals surface area contributed by atoms with Crippen molar-refractivity contribution in [2.75, 3.05) is 5.32 Å². The summed E-state index contributed by atoms with van der Waals surface area (Å²) in [5.41, 5.74) is 1.68. The molecule has 27 heavy (non-hydrogen) atoms. The molecule has 138 valence electrons. The summed E-state index contributed by atoms with van der Waals surface area (Å²) < 4.78 is 0. The molecular weight excluding hydrogens is 366 g/mol. The minimum Gasteiger partial charge on any atom is -0.323 e. The van der Waals surface area contributed by atoms with Gasteiger partial charge in [0.15, 0.2) is 0 Å². The number of benzene rings is 2. The van der Waals surface area contributed by atoms with E-state index in [-0.39, 0.29) is 5.91 Å². The first-order chi connectivity index (χ1) is 12.8. The summed E-state index contributed by atoms with van der Waals surface area (Å²) in [4.78, 5) is 35.7. The molecule has 2 aromatic rings. The van der Waals surface area contributed by atoms with Gasteiger partial charge in [-0.15, -0.1) is 0 Å². The standard InChI is InChI=1S/C20H18ClN3O3/c1-12-6-7-13(10-16(12)21)8-9-17(25)22-15-5-3-4-14(11-15)20(2)18(26)23-19(27)24-20/h3-11H,1-2H3,(H,22,25)(H2,23,24,26,27)/b9-8+. The first-order valence-electron chi connectivity index (χ1n) is 8.27. The van der Waals surface area contributed by atoms with E-state index >= 15 is 0 Å². The predicted octanol–water partition coefficient (Wildman–Crippen LogP) is 3.35. The van der Waals surface area contributed by atoms with Gasteiger partial charge in [-0.25, -0.2) is 4.79 Å². The summed E-state index contributed by atoms with van der Waals surface area (Å²) >= 11 is 6.08. The average molecular weight is 384 g/mol. The topological polar surface area (TPSA) is 87.3 Å². The number of nitrogens with one attached hydrogen (secondary N) is 3. The van der Waals surface area contributed by atoms with Crippen molar-refractivity contribution >= 4 is 41.2 Å². The highest BCUT2D eigenvalue weighted by Crippen LogP contribution is 2.26. The van der Waals surface area contributed by atoms with E-state index in [0.29, 0.717) is 16.3 Å². The number of imide groups is 1. The molecule has 0 bridgehead atoms. The molecule has 0 radical (unpaired) electrons. The van der Waals surface area contributed by atoms with Crippen LogP contribution in [0.5, 0.6) is 0 Å². The Morgan fingerprint density at radius 2 is 1.96 bits per heavy atom. The first-order valence-corrected chi connectivity index (χ1v) is 8.65. The van der Waals surface area contributed by atoms with Crippen LogP contribution in [-0.4, -0.2) is 17.8 Å². The third-order valence-electron chi connectivity index (χ3n) is 4.38. The quantitative estimate of drug-likeness (QED) is 0.559. The lowest BCUT2D eigenvalue weighted by Crippen LogP contribution is -2.40. The minimum absolute atomic E-state index is 0.325. The lowest BCUT2D eigenvalue weighted by molar-refractivity contribution is -0.123. The van der Waals surface area contributed by atoms with Crippen LogP contribution in [0.1, 0.15) is 23.6 Å². The summed E-state index contributed by atoms with van der Waals surface area (Å²) in [6, 6.07) is 11.8. The molecule has 1 aliphatic rings. The zero-order valence-electron chi connectivity index (χ0n) is 14.8. The molecule has 1 atom stereocenters. The minimum atomic E-state index is -1.17. The summed E-state index contributed by atoms with van der Waals surface area (Å²) in [5.74, 6) is -0.763. The highest BCUT2D eigenvalue weighted by Gasteiger charge is 2.43. The van der Waals surface area contributed by atoms with Crippen LogP contribution < -0.4 is 16.0 Å². The van der Waals surface area contributed by atoms with Crippen LogP contribution in [0.4, 0.5) is 10.5 Å². The lowest BCUT2D eigenvalue weighted by Gasteiger charge is -2.21. The Bertz CT molecular complexity index is 971.